The topological polar surface area (TPSA) is 49.8 Å². The third kappa shape index (κ3) is 4.61. The molecular weight excluding hydrogens is 333 g/mol. The molecule has 2 aromatic rings. The van der Waals surface area contributed by atoms with E-state index in [2.05, 4.69) is 4.90 Å². The van der Waals surface area contributed by atoms with Gasteiger partial charge in [-0.3, -0.25) is 9.69 Å². The number of piperidine rings is 1. The molecule has 1 aliphatic heterocycles. The molecule has 2 aromatic carbocycles. The minimum absolute atomic E-state index is 0.300. The van der Waals surface area contributed by atoms with Gasteiger partial charge in [0, 0.05) is 6.54 Å². The number of carbonyl (C=O) groups is 1. The zero-order chi connectivity index (χ0) is 18.4. The van der Waals surface area contributed by atoms with E-state index in [1.807, 2.05) is 30.3 Å². The van der Waals surface area contributed by atoms with Gasteiger partial charge in [-0.15, -0.1) is 0 Å². The lowest BCUT2D eigenvalue weighted by Gasteiger charge is -2.39. The molecule has 4 nitrogen and oxygen atoms in total. The van der Waals surface area contributed by atoms with E-state index in [4.69, 9.17) is 4.74 Å². The molecule has 0 aromatic heterocycles. The second kappa shape index (κ2) is 8.32. The van der Waals surface area contributed by atoms with Gasteiger partial charge in [0.1, 0.15) is 18.2 Å². The summed E-state index contributed by atoms with van der Waals surface area (Å²) in [6.07, 6.45) is 1.62. The van der Waals surface area contributed by atoms with Gasteiger partial charge in [-0.1, -0.05) is 30.3 Å². The molecule has 0 amide bonds. The van der Waals surface area contributed by atoms with E-state index in [0.29, 0.717) is 25.9 Å². The fourth-order valence-corrected chi connectivity index (χ4v) is 3.47. The maximum absolute atomic E-state index is 13.1. The molecule has 1 aliphatic rings. The maximum atomic E-state index is 13.1. The first-order valence-electron chi connectivity index (χ1n) is 8.95. The third-order valence-electron chi connectivity index (χ3n) is 5.14. The van der Waals surface area contributed by atoms with Crippen molar-refractivity contribution in [1.29, 1.82) is 0 Å². The number of carboxylic acid groups (broad SMARTS) is 1. The number of likely N-dealkylation sites (tertiary alicyclic amines) is 1. The van der Waals surface area contributed by atoms with Gasteiger partial charge < -0.3 is 9.84 Å². The Morgan fingerprint density at radius 1 is 1.08 bits per heavy atom. The van der Waals surface area contributed by atoms with E-state index in [1.54, 1.807) is 12.1 Å². The van der Waals surface area contributed by atoms with Crippen molar-refractivity contribution in [3.8, 4) is 5.75 Å². The molecule has 1 heterocycles. The van der Waals surface area contributed by atoms with E-state index in [1.165, 1.54) is 12.1 Å². The Hall–Kier alpha value is -2.40. The standard InChI is InChI=1S/C21H24FNO3/c22-18-8-6-17(7-9-18)16-21(20(24)25)10-12-23(13-11-21)14-15-26-19-4-2-1-3-5-19/h1-9H,10-16H2,(H,24,25). The lowest BCUT2D eigenvalue weighted by Crippen LogP contribution is -2.46. The lowest BCUT2D eigenvalue weighted by atomic mass is 9.74. The highest BCUT2D eigenvalue weighted by atomic mass is 19.1. The summed E-state index contributed by atoms with van der Waals surface area (Å²) in [5.74, 6) is -0.214. The average molecular weight is 357 g/mol. The number of hydrogen-bond acceptors (Lipinski definition) is 3. The van der Waals surface area contributed by atoms with E-state index in [0.717, 1.165) is 30.9 Å². The summed E-state index contributed by atoms with van der Waals surface area (Å²) in [7, 11) is 0. The minimum Gasteiger partial charge on any atom is -0.492 e. The molecule has 26 heavy (non-hydrogen) atoms. The minimum atomic E-state index is -0.769. The summed E-state index contributed by atoms with van der Waals surface area (Å²) >= 11 is 0. The Morgan fingerprint density at radius 3 is 2.35 bits per heavy atom. The Balaban J connectivity index is 1.52. The van der Waals surface area contributed by atoms with Crippen LogP contribution >= 0.6 is 0 Å². The molecule has 0 atom stereocenters. The quantitative estimate of drug-likeness (QED) is 0.822. The molecule has 0 saturated carbocycles. The fraction of sp³-hybridized carbons (Fsp3) is 0.381. The molecule has 1 saturated heterocycles. The average Bonchev–Trinajstić information content (AvgIpc) is 2.66. The molecule has 0 spiro atoms. The van der Waals surface area contributed by atoms with Crippen LogP contribution in [-0.2, 0) is 11.2 Å². The molecule has 5 heteroatoms. The summed E-state index contributed by atoms with van der Waals surface area (Å²) in [6, 6.07) is 15.8. The predicted molar refractivity (Wildman–Crippen MR) is 97.8 cm³/mol. The second-order valence-corrected chi connectivity index (χ2v) is 6.89. The summed E-state index contributed by atoms with van der Waals surface area (Å²) in [5, 5.41) is 9.80. The Bertz CT molecular complexity index is 710. The van der Waals surface area contributed by atoms with Crippen LogP contribution < -0.4 is 4.74 Å². The third-order valence-corrected chi connectivity index (χ3v) is 5.14. The van der Waals surface area contributed by atoms with E-state index in [-0.39, 0.29) is 5.82 Å². The molecule has 0 bridgehead atoms. The van der Waals surface area contributed by atoms with Crippen LogP contribution in [0.15, 0.2) is 54.6 Å². The number of nitrogens with zero attached hydrogens (tertiary/aromatic N) is 1. The number of ether oxygens (including phenoxy) is 1. The van der Waals surface area contributed by atoms with Crippen molar-refractivity contribution >= 4 is 5.97 Å². The molecule has 3 rings (SSSR count). The van der Waals surface area contributed by atoms with Gasteiger partial charge in [0.05, 0.1) is 5.41 Å². The fourth-order valence-electron chi connectivity index (χ4n) is 3.47. The Labute approximate surface area is 153 Å². The molecule has 0 radical (unpaired) electrons. The van der Waals surface area contributed by atoms with Crippen LogP contribution in [0.4, 0.5) is 4.39 Å². The summed E-state index contributed by atoms with van der Waals surface area (Å²) < 4.78 is 18.8. The number of para-hydroxylation sites is 1. The Morgan fingerprint density at radius 2 is 1.73 bits per heavy atom. The van der Waals surface area contributed by atoms with Crippen LogP contribution in [0.2, 0.25) is 0 Å². The van der Waals surface area contributed by atoms with E-state index >= 15 is 0 Å². The first kappa shape index (κ1) is 18.4. The van der Waals surface area contributed by atoms with Crippen LogP contribution in [0.25, 0.3) is 0 Å². The van der Waals surface area contributed by atoms with Gasteiger partial charge in [-0.2, -0.15) is 0 Å². The number of carboxylic acids is 1. The number of aliphatic carboxylic acids is 1. The Kier molecular flexibility index (Phi) is 5.89. The number of rotatable bonds is 7. The maximum Gasteiger partial charge on any atom is 0.310 e. The van der Waals surface area contributed by atoms with Gasteiger partial charge in [0.25, 0.3) is 0 Å². The predicted octanol–water partition coefficient (Wildman–Crippen LogP) is 3.61. The van der Waals surface area contributed by atoms with Gasteiger partial charge in [-0.25, -0.2) is 4.39 Å². The van der Waals surface area contributed by atoms with Gasteiger partial charge >= 0.3 is 5.97 Å². The smallest absolute Gasteiger partial charge is 0.310 e. The van der Waals surface area contributed by atoms with Crippen molar-refractivity contribution in [1.82, 2.24) is 4.90 Å². The van der Waals surface area contributed by atoms with Crippen LogP contribution in [0.1, 0.15) is 18.4 Å². The zero-order valence-corrected chi connectivity index (χ0v) is 14.7. The van der Waals surface area contributed by atoms with Gasteiger partial charge in [-0.05, 0) is 62.2 Å². The highest BCUT2D eigenvalue weighted by Gasteiger charge is 2.41. The normalized spacial score (nSPS) is 17.0. The summed E-state index contributed by atoms with van der Waals surface area (Å²) in [4.78, 5) is 14.2. The van der Waals surface area contributed by atoms with E-state index < -0.39 is 11.4 Å². The van der Waals surface area contributed by atoms with Crippen LogP contribution in [-0.4, -0.2) is 42.2 Å². The SMILES string of the molecule is O=C(O)C1(Cc2ccc(F)cc2)CCN(CCOc2ccccc2)CC1. The van der Waals surface area contributed by atoms with Crippen molar-refractivity contribution in [3.05, 3.63) is 66.0 Å². The van der Waals surface area contributed by atoms with Crippen molar-refractivity contribution in [2.24, 2.45) is 5.41 Å². The molecule has 1 N–H and O–H groups in total. The molecule has 138 valence electrons. The van der Waals surface area contributed by atoms with Gasteiger partial charge in [0.15, 0.2) is 0 Å². The van der Waals surface area contributed by atoms with Crippen molar-refractivity contribution in [2.75, 3.05) is 26.2 Å². The summed E-state index contributed by atoms with van der Waals surface area (Å²) in [6.45, 7) is 2.82. The molecular formula is C21H24FNO3. The monoisotopic (exact) mass is 357 g/mol. The van der Waals surface area contributed by atoms with E-state index in [9.17, 15) is 14.3 Å². The largest absolute Gasteiger partial charge is 0.492 e. The van der Waals surface area contributed by atoms with Crippen molar-refractivity contribution < 1.29 is 19.0 Å². The second-order valence-electron chi connectivity index (χ2n) is 6.89. The van der Waals surface area contributed by atoms with Crippen molar-refractivity contribution in [2.45, 2.75) is 19.3 Å². The van der Waals surface area contributed by atoms with Crippen LogP contribution in [0, 0.1) is 11.2 Å². The number of hydrogen-bond donors (Lipinski definition) is 1. The first-order chi connectivity index (χ1) is 12.6. The molecule has 0 unspecified atom stereocenters. The zero-order valence-electron chi connectivity index (χ0n) is 14.7. The lowest BCUT2D eigenvalue weighted by molar-refractivity contribution is -0.152. The van der Waals surface area contributed by atoms with Crippen LogP contribution in [0.3, 0.4) is 0 Å². The van der Waals surface area contributed by atoms with Crippen molar-refractivity contribution in [3.63, 3.8) is 0 Å². The van der Waals surface area contributed by atoms with Gasteiger partial charge in [0.2, 0.25) is 0 Å². The highest BCUT2D eigenvalue weighted by molar-refractivity contribution is 5.75. The first-order valence-corrected chi connectivity index (χ1v) is 8.95. The highest BCUT2D eigenvalue weighted by Crippen LogP contribution is 2.35. The summed E-state index contributed by atoms with van der Waals surface area (Å²) in [5.41, 5.74) is 0.101. The number of halogens is 1. The molecule has 1 fully saturated rings. The number of benzene rings is 2. The molecule has 0 aliphatic carbocycles. The van der Waals surface area contributed by atoms with Crippen LogP contribution in [0.5, 0.6) is 5.75 Å².